The molecule has 0 spiro atoms. The maximum Gasteiger partial charge on any atom is 0.418 e. The first kappa shape index (κ1) is 17.5. The van der Waals surface area contributed by atoms with Gasteiger partial charge in [-0.3, -0.25) is 10.1 Å². The Balaban J connectivity index is 2.21. The van der Waals surface area contributed by atoms with Crippen LogP contribution in [0.4, 0.5) is 35.0 Å². The third kappa shape index (κ3) is 4.13. The second-order valence-electron chi connectivity index (χ2n) is 4.54. The number of hydrogen-bond donors (Lipinski definition) is 2. The molecule has 2 rings (SSSR count). The van der Waals surface area contributed by atoms with Gasteiger partial charge in [0, 0.05) is 12.1 Å². The lowest BCUT2D eigenvalue weighted by molar-refractivity contribution is -0.384. The van der Waals surface area contributed by atoms with Crippen molar-refractivity contribution in [2.45, 2.75) is 6.18 Å². The molecule has 6 nitrogen and oxygen atoms in total. The Morgan fingerprint density at radius 1 is 1.08 bits per heavy atom. The Morgan fingerprint density at radius 3 is 2.33 bits per heavy atom. The van der Waals surface area contributed by atoms with E-state index in [1.807, 2.05) is 5.32 Å². The summed E-state index contributed by atoms with van der Waals surface area (Å²) >= 11 is 5.81. The second kappa shape index (κ2) is 6.75. The fourth-order valence-electron chi connectivity index (χ4n) is 1.84. The monoisotopic (exact) mass is 359 g/mol. The van der Waals surface area contributed by atoms with Crippen molar-refractivity contribution in [3.8, 4) is 0 Å². The van der Waals surface area contributed by atoms with Gasteiger partial charge >= 0.3 is 12.2 Å². The van der Waals surface area contributed by atoms with E-state index in [1.54, 1.807) is 0 Å². The van der Waals surface area contributed by atoms with Crippen molar-refractivity contribution in [3.63, 3.8) is 0 Å². The number of amides is 2. The predicted molar refractivity (Wildman–Crippen MR) is 82.2 cm³/mol. The summed E-state index contributed by atoms with van der Waals surface area (Å²) in [6.07, 6.45) is -4.65. The minimum absolute atomic E-state index is 0.000133. The van der Waals surface area contributed by atoms with E-state index in [0.29, 0.717) is 0 Å². The molecule has 126 valence electrons. The minimum atomic E-state index is -4.65. The summed E-state index contributed by atoms with van der Waals surface area (Å²) < 4.78 is 38.6. The molecule has 0 aliphatic heterocycles. The molecular formula is C14H9ClF3N3O3. The number of urea groups is 1. The molecule has 0 bridgehead atoms. The fourth-order valence-corrected chi connectivity index (χ4v) is 2.00. The van der Waals surface area contributed by atoms with E-state index < -0.39 is 28.4 Å². The van der Waals surface area contributed by atoms with Crippen LogP contribution in [0.15, 0.2) is 42.5 Å². The third-order valence-corrected chi connectivity index (χ3v) is 3.22. The third-order valence-electron chi connectivity index (χ3n) is 2.89. The van der Waals surface area contributed by atoms with Gasteiger partial charge in [-0.1, -0.05) is 23.7 Å². The Labute approximate surface area is 138 Å². The van der Waals surface area contributed by atoms with Crippen LogP contribution in [-0.2, 0) is 6.18 Å². The van der Waals surface area contributed by atoms with E-state index in [1.165, 1.54) is 18.2 Å². The predicted octanol–water partition coefficient (Wildman–Crippen LogP) is 4.91. The molecule has 10 heteroatoms. The standard InChI is InChI=1S/C14H9ClF3N3O3/c15-10-6-5-8(21(23)24)7-12(10)20-13(22)19-11-4-2-1-3-9(11)14(16,17)18/h1-7H,(H2,19,20,22). The largest absolute Gasteiger partial charge is 0.418 e. The number of benzene rings is 2. The summed E-state index contributed by atoms with van der Waals surface area (Å²) in [5.41, 5.74) is -1.91. The first-order valence-corrected chi connectivity index (χ1v) is 6.74. The van der Waals surface area contributed by atoms with Crippen LogP contribution in [0.25, 0.3) is 0 Å². The van der Waals surface area contributed by atoms with E-state index in [9.17, 15) is 28.1 Å². The van der Waals surface area contributed by atoms with Gasteiger partial charge in [0.05, 0.1) is 26.9 Å². The lowest BCUT2D eigenvalue weighted by Crippen LogP contribution is -2.22. The Hall–Kier alpha value is -2.81. The molecule has 0 fully saturated rings. The molecule has 0 heterocycles. The number of hydrogen-bond acceptors (Lipinski definition) is 3. The number of alkyl halides is 3. The molecule has 24 heavy (non-hydrogen) atoms. The van der Waals surface area contributed by atoms with Crippen LogP contribution in [0.5, 0.6) is 0 Å². The SMILES string of the molecule is O=C(Nc1cc([N+](=O)[O-])ccc1Cl)Nc1ccccc1C(F)(F)F. The molecular weight excluding hydrogens is 351 g/mol. The number of nitro groups is 1. The van der Waals surface area contributed by atoms with Crippen LogP contribution < -0.4 is 10.6 Å². The van der Waals surface area contributed by atoms with Crippen molar-refractivity contribution < 1.29 is 22.9 Å². The number of non-ortho nitro benzene ring substituents is 1. The number of rotatable bonds is 3. The maximum atomic E-state index is 12.9. The Bertz CT molecular complexity index is 796. The number of halogens is 4. The number of carbonyl (C=O) groups excluding carboxylic acids is 1. The summed E-state index contributed by atoms with van der Waals surface area (Å²) in [6, 6.07) is 6.71. The van der Waals surface area contributed by atoms with Crippen LogP contribution in [0.3, 0.4) is 0 Å². The zero-order chi connectivity index (χ0) is 17.9. The number of para-hydroxylation sites is 1. The normalized spacial score (nSPS) is 11.0. The number of nitrogens with one attached hydrogen (secondary N) is 2. The highest BCUT2D eigenvalue weighted by atomic mass is 35.5. The quantitative estimate of drug-likeness (QED) is 0.603. The van der Waals surface area contributed by atoms with Crippen molar-refractivity contribution >= 4 is 34.7 Å². The van der Waals surface area contributed by atoms with Crippen molar-refractivity contribution in [1.82, 2.24) is 0 Å². The zero-order valence-electron chi connectivity index (χ0n) is 11.7. The van der Waals surface area contributed by atoms with Gasteiger partial charge in [0.1, 0.15) is 0 Å². The first-order valence-electron chi connectivity index (χ1n) is 6.36. The van der Waals surface area contributed by atoms with Gasteiger partial charge in [-0.25, -0.2) is 4.79 Å². The van der Waals surface area contributed by atoms with E-state index in [2.05, 4.69) is 5.32 Å². The lowest BCUT2D eigenvalue weighted by atomic mass is 10.1. The highest BCUT2D eigenvalue weighted by Crippen LogP contribution is 2.34. The number of nitrogens with zero attached hydrogens (tertiary/aromatic N) is 1. The summed E-state index contributed by atoms with van der Waals surface area (Å²) in [7, 11) is 0. The second-order valence-corrected chi connectivity index (χ2v) is 4.95. The fraction of sp³-hybridized carbons (Fsp3) is 0.0714. The number of nitro benzene ring substituents is 1. The van der Waals surface area contributed by atoms with Crippen LogP contribution in [0.2, 0.25) is 5.02 Å². The molecule has 2 aromatic carbocycles. The van der Waals surface area contributed by atoms with Crippen molar-refractivity contribution in [2.24, 2.45) is 0 Å². The highest BCUT2D eigenvalue weighted by molar-refractivity contribution is 6.33. The maximum absolute atomic E-state index is 12.9. The van der Waals surface area contributed by atoms with Gasteiger partial charge in [0.2, 0.25) is 0 Å². The van der Waals surface area contributed by atoms with E-state index in [0.717, 1.165) is 24.3 Å². The Kier molecular flexibility index (Phi) is 4.93. The average molecular weight is 360 g/mol. The van der Waals surface area contributed by atoms with Gasteiger partial charge < -0.3 is 10.6 Å². The van der Waals surface area contributed by atoms with Gasteiger partial charge in [-0.05, 0) is 18.2 Å². The van der Waals surface area contributed by atoms with E-state index in [4.69, 9.17) is 11.6 Å². The summed E-state index contributed by atoms with van der Waals surface area (Å²) in [6.45, 7) is 0. The van der Waals surface area contributed by atoms with Gasteiger partial charge in [0.15, 0.2) is 0 Å². The smallest absolute Gasteiger partial charge is 0.307 e. The summed E-state index contributed by atoms with van der Waals surface area (Å²) in [5.74, 6) is 0. The molecule has 2 amide bonds. The van der Waals surface area contributed by atoms with Crippen LogP contribution in [0, 0.1) is 10.1 Å². The molecule has 0 aromatic heterocycles. The van der Waals surface area contributed by atoms with E-state index in [-0.39, 0.29) is 16.4 Å². The van der Waals surface area contributed by atoms with Gasteiger partial charge in [-0.2, -0.15) is 13.2 Å². The van der Waals surface area contributed by atoms with Crippen molar-refractivity contribution in [3.05, 3.63) is 63.2 Å². The topological polar surface area (TPSA) is 84.3 Å². The average Bonchev–Trinajstić information content (AvgIpc) is 2.48. The summed E-state index contributed by atoms with van der Waals surface area (Å²) in [4.78, 5) is 21.9. The molecule has 2 aromatic rings. The van der Waals surface area contributed by atoms with Gasteiger partial charge in [-0.15, -0.1) is 0 Å². The molecule has 0 aliphatic rings. The molecule has 0 aliphatic carbocycles. The van der Waals surface area contributed by atoms with Crippen molar-refractivity contribution in [2.75, 3.05) is 10.6 Å². The molecule has 0 saturated heterocycles. The van der Waals surface area contributed by atoms with E-state index >= 15 is 0 Å². The van der Waals surface area contributed by atoms with Crippen LogP contribution >= 0.6 is 11.6 Å². The molecule has 0 radical (unpaired) electrons. The van der Waals surface area contributed by atoms with Crippen LogP contribution in [0.1, 0.15) is 5.56 Å². The molecule has 0 unspecified atom stereocenters. The Morgan fingerprint density at radius 2 is 1.71 bits per heavy atom. The highest BCUT2D eigenvalue weighted by Gasteiger charge is 2.33. The zero-order valence-corrected chi connectivity index (χ0v) is 12.5. The molecule has 0 atom stereocenters. The lowest BCUT2D eigenvalue weighted by Gasteiger charge is -2.14. The van der Waals surface area contributed by atoms with Crippen LogP contribution in [-0.4, -0.2) is 11.0 Å². The number of anilines is 2. The van der Waals surface area contributed by atoms with Crippen molar-refractivity contribution in [1.29, 1.82) is 0 Å². The minimum Gasteiger partial charge on any atom is -0.307 e. The summed E-state index contributed by atoms with van der Waals surface area (Å²) in [5, 5.41) is 14.9. The number of carbonyl (C=O) groups is 1. The van der Waals surface area contributed by atoms with Gasteiger partial charge in [0.25, 0.3) is 5.69 Å². The first-order chi connectivity index (χ1) is 11.2. The molecule has 2 N–H and O–H groups in total. The molecule has 0 saturated carbocycles.